The maximum absolute atomic E-state index is 11.1. The summed E-state index contributed by atoms with van der Waals surface area (Å²) in [5.74, 6) is 2.96. The lowest BCUT2D eigenvalue weighted by Gasteiger charge is -2.17. The number of carbonyl (C=O) groups is 1. The Kier molecular flexibility index (Phi) is 3.93. The molecule has 1 N–H and O–H groups in total. The first-order valence-corrected chi connectivity index (χ1v) is 8.60. The lowest BCUT2D eigenvalue weighted by Crippen LogP contribution is -2.11. The Morgan fingerprint density at radius 1 is 1.52 bits per heavy atom. The first-order valence-electron chi connectivity index (χ1n) is 7.44. The van der Waals surface area contributed by atoms with Gasteiger partial charge in [-0.1, -0.05) is 6.92 Å². The number of rotatable bonds is 6. The predicted octanol–water partition coefficient (Wildman–Crippen LogP) is 3.93. The summed E-state index contributed by atoms with van der Waals surface area (Å²) in [4.78, 5) is 15.9. The van der Waals surface area contributed by atoms with E-state index in [-0.39, 0.29) is 0 Å². The number of aromatic nitrogens is 2. The summed E-state index contributed by atoms with van der Waals surface area (Å²) in [7, 11) is 0. The lowest BCUT2D eigenvalue weighted by atomic mass is 10.2. The van der Waals surface area contributed by atoms with E-state index in [1.165, 1.54) is 12.8 Å². The molecule has 1 heterocycles. The predicted molar refractivity (Wildman–Crippen MR) is 86.4 cm³/mol. The van der Waals surface area contributed by atoms with Crippen LogP contribution in [0.15, 0.2) is 18.2 Å². The zero-order valence-corrected chi connectivity index (χ0v) is 13.2. The van der Waals surface area contributed by atoms with E-state index in [9.17, 15) is 4.79 Å². The van der Waals surface area contributed by atoms with Crippen LogP contribution in [0.2, 0.25) is 0 Å². The van der Waals surface area contributed by atoms with Gasteiger partial charge in [0.25, 0.3) is 0 Å². The van der Waals surface area contributed by atoms with Gasteiger partial charge in [0.05, 0.1) is 16.6 Å². The maximum atomic E-state index is 11.1. The van der Waals surface area contributed by atoms with Gasteiger partial charge in [0.1, 0.15) is 5.82 Å². The van der Waals surface area contributed by atoms with Crippen LogP contribution in [-0.4, -0.2) is 32.1 Å². The molecule has 1 atom stereocenters. The summed E-state index contributed by atoms with van der Waals surface area (Å²) < 4.78 is 2.32. The molecule has 112 valence electrons. The minimum absolute atomic E-state index is 0.310. The number of imidazole rings is 1. The van der Waals surface area contributed by atoms with Gasteiger partial charge in [-0.2, -0.15) is 11.8 Å². The van der Waals surface area contributed by atoms with Crippen LogP contribution >= 0.6 is 11.8 Å². The largest absolute Gasteiger partial charge is 0.478 e. The fourth-order valence-electron chi connectivity index (χ4n) is 2.71. The van der Waals surface area contributed by atoms with Crippen LogP contribution in [0.3, 0.4) is 0 Å². The zero-order chi connectivity index (χ0) is 15.0. The monoisotopic (exact) mass is 304 g/mol. The molecule has 2 aromatic rings. The van der Waals surface area contributed by atoms with Gasteiger partial charge < -0.3 is 9.67 Å². The standard InChI is InChI=1S/C16H20N2O2S/c1-3-21-9-10(2)18-14-7-6-12(16(19)20)8-13(14)17-15(18)11-4-5-11/h6-8,10-11H,3-5,9H2,1-2H3,(H,19,20). The molecule has 1 saturated carbocycles. The quantitative estimate of drug-likeness (QED) is 0.878. The highest BCUT2D eigenvalue weighted by Crippen LogP contribution is 2.42. The molecule has 0 radical (unpaired) electrons. The summed E-state index contributed by atoms with van der Waals surface area (Å²) in [6.07, 6.45) is 2.39. The van der Waals surface area contributed by atoms with Gasteiger partial charge in [-0.15, -0.1) is 0 Å². The fraction of sp³-hybridized carbons (Fsp3) is 0.500. The Morgan fingerprint density at radius 2 is 2.29 bits per heavy atom. The normalized spacial score (nSPS) is 16.3. The van der Waals surface area contributed by atoms with Gasteiger partial charge >= 0.3 is 5.97 Å². The van der Waals surface area contributed by atoms with Crippen LogP contribution in [-0.2, 0) is 0 Å². The van der Waals surface area contributed by atoms with Gasteiger partial charge in [-0.3, -0.25) is 0 Å². The topological polar surface area (TPSA) is 55.1 Å². The van der Waals surface area contributed by atoms with Crippen molar-refractivity contribution in [3.63, 3.8) is 0 Å². The molecule has 1 aliphatic rings. The summed E-state index contributed by atoms with van der Waals surface area (Å²) in [6.45, 7) is 4.39. The molecule has 3 rings (SSSR count). The van der Waals surface area contributed by atoms with Crippen molar-refractivity contribution >= 4 is 28.8 Å². The molecule has 5 heteroatoms. The molecule has 0 saturated heterocycles. The molecule has 0 aliphatic heterocycles. The van der Waals surface area contributed by atoms with Gasteiger partial charge in [-0.25, -0.2) is 9.78 Å². The molecule has 4 nitrogen and oxygen atoms in total. The van der Waals surface area contributed by atoms with Crippen molar-refractivity contribution in [2.45, 2.75) is 38.6 Å². The summed E-state index contributed by atoms with van der Waals surface area (Å²) in [5, 5.41) is 9.13. The molecule has 0 spiro atoms. The first kappa shape index (κ1) is 14.4. The number of carboxylic acids is 1. The number of thioether (sulfide) groups is 1. The summed E-state index contributed by atoms with van der Waals surface area (Å²) in [6, 6.07) is 5.66. The van der Waals surface area contributed by atoms with E-state index in [4.69, 9.17) is 10.1 Å². The van der Waals surface area contributed by atoms with Gasteiger partial charge in [0.15, 0.2) is 0 Å². The molecular formula is C16H20N2O2S. The van der Waals surface area contributed by atoms with E-state index in [0.717, 1.165) is 28.4 Å². The van der Waals surface area contributed by atoms with E-state index >= 15 is 0 Å². The van der Waals surface area contributed by atoms with E-state index < -0.39 is 5.97 Å². The Morgan fingerprint density at radius 3 is 2.90 bits per heavy atom. The van der Waals surface area contributed by atoms with E-state index in [2.05, 4.69) is 18.4 Å². The van der Waals surface area contributed by atoms with E-state index in [0.29, 0.717) is 17.5 Å². The highest BCUT2D eigenvalue weighted by molar-refractivity contribution is 7.99. The van der Waals surface area contributed by atoms with Crippen molar-refractivity contribution in [1.29, 1.82) is 0 Å². The Hall–Kier alpha value is -1.49. The highest BCUT2D eigenvalue weighted by atomic mass is 32.2. The van der Waals surface area contributed by atoms with Gasteiger partial charge in [0, 0.05) is 17.7 Å². The average Bonchev–Trinajstić information content (AvgIpc) is 3.24. The minimum Gasteiger partial charge on any atom is -0.478 e. The SMILES string of the molecule is CCSCC(C)n1c(C2CC2)nc2cc(C(=O)O)ccc21. The fourth-order valence-corrected chi connectivity index (χ4v) is 3.43. The third-order valence-electron chi connectivity index (χ3n) is 3.91. The van der Waals surface area contributed by atoms with Crippen molar-refractivity contribution in [2.24, 2.45) is 0 Å². The van der Waals surface area contributed by atoms with Crippen LogP contribution in [0.5, 0.6) is 0 Å². The van der Waals surface area contributed by atoms with Crippen LogP contribution in [0, 0.1) is 0 Å². The number of carboxylic acid groups (broad SMARTS) is 1. The van der Waals surface area contributed by atoms with Crippen LogP contribution in [0.25, 0.3) is 11.0 Å². The second-order valence-corrected chi connectivity index (χ2v) is 6.95. The van der Waals surface area contributed by atoms with Crippen molar-refractivity contribution in [1.82, 2.24) is 9.55 Å². The molecule has 21 heavy (non-hydrogen) atoms. The summed E-state index contributed by atoms with van der Waals surface area (Å²) in [5.41, 5.74) is 2.18. The number of hydrogen-bond donors (Lipinski definition) is 1. The van der Waals surface area contributed by atoms with Gasteiger partial charge in [0.2, 0.25) is 0 Å². The summed E-state index contributed by atoms with van der Waals surface area (Å²) >= 11 is 1.93. The molecule has 1 fully saturated rings. The second kappa shape index (κ2) is 5.72. The number of benzene rings is 1. The zero-order valence-electron chi connectivity index (χ0n) is 12.4. The number of hydrogen-bond acceptors (Lipinski definition) is 3. The van der Waals surface area contributed by atoms with Crippen LogP contribution < -0.4 is 0 Å². The number of nitrogens with zero attached hydrogens (tertiary/aromatic N) is 2. The average molecular weight is 304 g/mol. The second-order valence-electron chi connectivity index (χ2n) is 5.63. The van der Waals surface area contributed by atoms with Crippen LogP contribution in [0.1, 0.15) is 54.8 Å². The smallest absolute Gasteiger partial charge is 0.335 e. The lowest BCUT2D eigenvalue weighted by molar-refractivity contribution is 0.0697. The highest BCUT2D eigenvalue weighted by Gasteiger charge is 2.31. The molecular weight excluding hydrogens is 284 g/mol. The van der Waals surface area contributed by atoms with E-state index in [1.807, 2.05) is 17.8 Å². The van der Waals surface area contributed by atoms with E-state index in [1.54, 1.807) is 12.1 Å². The maximum Gasteiger partial charge on any atom is 0.335 e. The van der Waals surface area contributed by atoms with Crippen molar-refractivity contribution < 1.29 is 9.90 Å². The minimum atomic E-state index is -0.894. The molecule has 0 amide bonds. The van der Waals surface area contributed by atoms with Crippen molar-refractivity contribution in [2.75, 3.05) is 11.5 Å². The number of fused-ring (bicyclic) bond motifs is 1. The van der Waals surface area contributed by atoms with Crippen LogP contribution in [0.4, 0.5) is 0 Å². The van der Waals surface area contributed by atoms with Crippen molar-refractivity contribution in [3.05, 3.63) is 29.6 Å². The molecule has 1 aromatic heterocycles. The Labute approximate surface area is 128 Å². The Balaban J connectivity index is 2.07. The molecule has 1 aliphatic carbocycles. The van der Waals surface area contributed by atoms with Crippen molar-refractivity contribution in [3.8, 4) is 0 Å². The molecule has 1 unspecified atom stereocenters. The number of aromatic carboxylic acids is 1. The molecule has 1 aromatic carbocycles. The third-order valence-corrected chi connectivity index (χ3v) is 5.04. The van der Waals surface area contributed by atoms with Gasteiger partial charge in [-0.05, 0) is 43.7 Å². The first-order chi connectivity index (χ1) is 10.1. The molecule has 0 bridgehead atoms. The Bertz CT molecular complexity index is 676. The third kappa shape index (κ3) is 2.79.